The molecule has 1 fully saturated rings. The quantitative estimate of drug-likeness (QED) is 0.301. The van der Waals surface area contributed by atoms with Gasteiger partial charge in [0.2, 0.25) is 11.8 Å². The van der Waals surface area contributed by atoms with E-state index < -0.39 is 28.5 Å². The van der Waals surface area contributed by atoms with Crippen LogP contribution in [0.5, 0.6) is 5.75 Å². The molecule has 0 heterocycles. The summed E-state index contributed by atoms with van der Waals surface area (Å²) < 4.78 is 34.3. The van der Waals surface area contributed by atoms with E-state index in [2.05, 4.69) is 5.32 Å². The highest BCUT2D eigenvalue weighted by atomic mass is 35.5. The summed E-state index contributed by atoms with van der Waals surface area (Å²) in [5.74, 6) is -0.236. The number of sulfonamides is 1. The van der Waals surface area contributed by atoms with Gasteiger partial charge in [-0.2, -0.15) is 0 Å². The summed E-state index contributed by atoms with van der Waals surface area (Å²) in [5.41, 5.74) is 0.952. The predicted octanol–water partition coefficient (Wildman–Crippen LogP) is 5.41. The molecule has 4 rings (SSSR count). The maximum absolute atomic E-state index is 14.0. The van der Waals surface area contributed by atoms with Crippen molar-refractivity contribution in [2.24, 2.45) is 0 Å². The van der Waals surface area contributed by atoms with Crippen molar-refractivity contribution in [2.45, 2.75) is 63.1 Å². The zero-order chi connectivity index (χ0) is 29.4. The van der Waals surface area contributed by atoms with Crippen LogP contribution < -0.4 is 14.4 Å². The number of amides is 2. The molecule has 0 saturated heterocycles. The van der Waals surface area contributed by atoms with Gasteiger partial charge >= 0.3 is 0 Å². The van der Waals surface area contributed by atoms with Gasteiger partial charge in [0.1, 0.15) is 18.3 Å². The van der Waals surface area contributed by atoms with Crippen LogP contribution in [-0.4, -0.2) is 50.4 Å². The number of anilines is 1. The number of hydrogen-bond donors (Lipinski definition) is 1. The molecule has 3 aromatic carbocycles. The molecular weight excluding hydrogens is 562 g/mol. The molecule has 1 saturated carbocycles. The molecule has 0 unspecified atom stereocenters. The van der Waals surface area contributed by atoms with Crippen LogP contribution in [0.15, 0.2) is 83.8 Å². The van der Waals surface area contributed by atoms with Crippen LogP contribution in [-0.2, 0) is 26.2 Å². The van der Waals surface area contributed by atoms with Crippen molar-refractivity contribution in [2.75, 3.05) is 17.5 Å². The molecule has 0 bridgehead atoms. The normalized spacial score (nSPS) is 14.3. The maximum Gasteiger partial charge on any atom is 0.264 e. The molecule has 1 aliphatic rings. The Morgan fingerprint density at radius 1 is 0.976 bits per heavy atom. The zero-order valence-corrected chi connectivity index (χ0v) is 24.9. The monoisotopic (exact) mass is 597 g/mol. The van der Waals surface area contributed by atoms with Crippen LogP contribution in [0.2, 0.25) is 5.02 Å². The smallest absolute Gasteiger partial charge is 0.264 e. The summed E-state index contributed by atoms with van der Waals surface area (Å²) in [6, 6.07) is 20.8. The van der Waals surface area contributed by atoms with Crippen molar-refractivity contribution in [3.8, 4) is 5.75 Å². The van der Waals surface area contributed by atoms with E-state index in [1.54, 1.807) is 73.7 Å². The molecule has 218 valence electrons. The Hall–Kier alpha value is -3.56. The van der Waals surface area contributed by atoms with E-state index in [9.17, 15) is 18.0 Å². The van der Waals surface area contributed by atoms with Gasteiger partial charge in [-0.05, 0) is 74.7 Å². The molecule has 1 atom stereocenters. The number of benzene rings is 3. The second-order valence-corrected chi connectivity index (χ2v) is 12.3. The van der Waals surface area contributed by atoms with Crippen LogP contribution in [0, 0.1) is 0 Å². The van der Waals surface area contributed by atoms with Crippen LogP contribution in [0.3, 0.4) is 0 Å². The van der Waals surface area contributed by atoms with Crippen LogP contribution >= 0.6 is 11.6 Å². The third-order valence-corrected chi connectivity index (χ3v) is 9.37. The fourth-order valence-corrected chi connectivity index (χ4v) is 6.54. The van der Waals surface area contributed by atoms with Gasteiger partial charge in [0.25, 0.3) is 10.0 Å². The number of hydrogen-bond acceptors (Lipinski definition) is 5. The van der Waals surface area contributed by atoms with Gasteiger partial charge in [0.15, 0.2) is 0 Å². The minimum Gasteiger partial charge on any atom is -0.494 e. The fourth-order valence-electron chi connectivity index (χ4n) is 4.91. The Morgan fingerprint density at radius 3 is 2.24 bits per heavy atom. The minimum atomic E-state index is -4.14. The summed E-state index contributed by atoms with van der Waals surface area (Å²) in [4.78, 5) is 28.8. The van der Waals surface area contributed by atoms with Crippen molar-refractivity contribution in [1.29, 1.82) is 0 Å². The largest absolute Gasteiger partial charge is 0.494 e. The number of carbonyl (C=O) groups excluding carboxylic acids is 2. The zero-order valence-electron chi connectivity index (χ0n) is 23.3. The summed E-state index contributed by atoms with van der Waals surface area (Å²) in [6.07, 6.45) is 3.90. The van der Waals surface area contributed by atoms with Crippen molar-refractivity contribution in [3.63, 3.8) is 0 Å². The molecule has 0 spiro atoms. The van der Waals surface area contributed by atoms with Crippen LogP contribution in [0.1, 0.15) is 45.1 Å². The summed E-state index contributed by atoms with van der Waals surface area (Å²) in [7, 11) is -4.14. The number of nitrogens with zero attached hydrogens (tertiary/aromatic N) is 2. The van der Waals surface area contributed by atoms with Crippen LogP contribution in [0.25, 0.3) is 0 Å². The van der Waals surface area contributed by atoms with Crippen molar-refractivity contribution >= 4 is 39.1 Å². The lowest BCUT2D eigenvalue weighted by Crippen LogP contribution is -2.52. The SMILES string of the molecule is CCOc1ccc(N(CC(=O)N(Cc2ccccc2Cl)[C@H](C)C(=O)NC2CCCC2)S(=O)(=O)c2ccccc2)cc1. The summed E-state index contributed by atoms with van der Waals surface area (Å²) >= 11 is 6.43. The second-order valence-electron chi connectivity index (χ2n) is 10.0. The molecule has 2 amide bonds. The topological polar surface area (TPSA) is 96.0 Å². The van der Waals surface area contributed by atoms with Crippen molar-refractivity contribution in [1.82, 2.24) is 10.2 Å². The Morgan fingerprint density at radius 2 is 1.61 bits per heavy atom. The van der Waals surface area contributed by atoms with Crippen LogP contribution in [0.4, 0.5) is 5.69 Å². The number of carbonyl (C=O) groups is 2. The third kappa shape index (κ3) is 7.59. The standard InChI is InChI=1S/C31H36ClN3O5S/c1-3-40-27-19-17-26(18-20-27)35(41(38,39)28-14-5-4-6-15-28)22-30(36)34(21-24-11-7-10-16-29(24)32)23(2)31(37)33-25-12-8-9-13-25/h4-7,10-11,14-20,23,25H,3,8-9,12-13,21-22H2,1-2H3,(H,33,37)/t23-/m1/s1. The van der Waals surface area contributed by atoms with E-state index in [0.717, 1.165) is 30.0 Å². The van der Waals surface area contributed by atoms with E-state index in [0.29, 0.717) is 28.6 Å². The van der Waals surface area contributed by atoms with Gasteiger partial charge in [0.05, 0.1) is 17.2 Å². The first-order valence-electron chi connectivity index (χ1n) is 13.8. The fraction of sp³-hybridized carbons (Fsp3) is 0.355. The molecule has 1 aliphatic carbocycles. The summed E-state index contributed by atoms with van der Waals surface area (Å²) in [5, 5.41) is 3.51. The van der Waals surface area contributed by atoms with Gasteiger partial charge in [-0.25, -0.2) is 8.42 Å². The lowest BCUT2D eigenvalue weighted by molar-refractivity contribution is -0.139. The van der Waals surface area contributed by atoms with Gasteiger partial charge in [-0.1, -0.05) is 60.8 Å². The average Bonchev–Trinajstić information content (AvgIpc) is 3.49. The summed E-state index contributed by atoms with van der Waals surface area (Å²) in [6.45, 7) is 3.50. The van der Waals surface area contributed by atoms with Gasteiger partial charge in [-0.3, -0.25) is 13.9 Å². The van der Waals surface area contributed by atoms with E-state index >= 15 is 0 Å². The molecule has 1 N–H and O–H groups in total. The average molecular weight is 598 g/mol. The maximum atomic E-state index is 14.0. The lowest BCUT2D eigenvalue weighted by atomic mass is 10.1. The van der Waals surface area contributed by atoms with E-state index in [1.807, 2.05) is 6.92 Å². The van der Waals surface area contributed by atoms with Gasteiger partial charge < -0.3 is 15.0 Å². The first-order valence-corrected chi connectivity index (χ1v) is 15.7. The highest BCUT2D eigenvalue weighted by Crippen LogP contribution is 2.27. The van der Waals surface area contributed by atoms with E-state index in [4.69, 9.17) is 16.3 Å². The van der Waals surface area contributed by atoms with Crippen molar-refractivity contribution in [3.05, 3.63) is 89.4 Å². The number of nitrogens with one attached hydrogen (secondary N) is 1. The number of halogens is 1. The lowest BCUT2D eigenvalue weighted by Gasteiger charge is -2.32. The molecule has 0 aromatic heterocycles. The Kier molecular flexibility index (Phi) is 10.3. The first-order chi connectivity index (χ1) is 19.7. The van der Waals surface area contributed by atoms with Gasteiger partial charge in [0, 0.05) is 17.6 Å². The predicted molar refractivity (Wildman–Crippen MR) is 160 cm³/mol. The van der Waals surface area contributed by atoms with Crippen molar-refractivity contribution < 1.29 is 22.7 Å². The molecular formula is C31H36ClN3O5S. The first kappa shape index (κ1) is 30.4. The molecule has 41 heavy (non-hydrogen) atoms. The highest BCUT2D eigenvalue weighted by Gasteiger charge is 2.33. The molecule has 0 aliphatic heterocycles. The Labute approximate surface area is 247 Å². The number of rotatable bonds is 12. The molecule has 0 radical (unpaired) electrons. The van der Waals surface area contributed by atoms with E-state index in [-0.39, 0.29) is 23.4 Å². The molecule has 3 aromatic rings. The number of ether oxygens (including phenoxy) is 1. The Balaban J connectivity index is 1.68. The Bertz CT molecular complexity index is 1430. The van der Waals surface area contributed by atoms with E-state index in [1.165, 1.54) is 17.0 Å². The molecule has 10 heteroatoms. The minimum absolute atomic E-state index is 0.0419. The molecule has 8 nitrogen and oxygen atoms in total. The third-order valence-electron chi connectivity index (χ3n) is 7.21. The van der Waals surface area contributed by atoms with Gasteiger partial charge in [-0.15, -0.1) is 0 Å². The second kappa shape index (κ2) is 13.9. The highest BCUT2D eigenvalue weighted by molar-refractivity contribution is 7.92.